The first kappa shape index (κ1) is 39.9. The second kappa shape index (κ2) is 14.8. The summed E-state index contributed by atoms with van der Waals surface area (Å²) >= 11 is 18.4. The molecule has 5 atom stereocenters. The van der Waals surface area contributed by atoms with Gasteiger partial charge in [0, 0.05) is 27.7 Å². The van der Waals surface area contributed by atoms with Crippen LogP contribution in [0.1, 0.15) is 32.6 Å². The molecule has 1 aliphatic rings. The number of esters is 1. The maximum Gasteiger partial charge on any atom is 0.462 e. The molecule has 282 valence electrons. The van der Waals surface area contributed by atoms with Crippen LogP contribution in [0.3, 0.4) is 0 Å². The van der Waals surface area contributed by atoms with Crippen molar-refractivity contribution < 1.29 is 46.5 Å². The number of fused-ring (bicyclic) bond motifs is 1. The highest BCUT2D eigenvalue weighted by molar-refractivity contribution is 7.88. The molecule has 1 fully saturated rings. The zero-order valence-electron chi connectivity index (χ0n) is 28.0. The summed E-state index contributed by atoms with van der Waals surface area (Å²) in [5.74, 6) is -1.28. The SMILES string of the molecule is CN(NS(C)(=O)=O)c1nc(N)nc2c1ncn2[C@@H]1OC(OP(=O)(NC(C)(C)C(=O)OCc2c(Cl)cccc2Cl)Oc2ccc(Cl)cc2)C(O)[C@@]1(C)O. The van der Waals surface area contributed by atoms with Gasteiger partial charge in [0.1, 0.15) is 29.6 Å². The van der Waals surface area contributed by atoms with Gasteiger partial charge >= 0.3 is 13.7 Å². The van der Waals surface area contributed by atoms with Gasteiger partial charge in [-0.15, -0.1) is 4.83 Å². The number of hydrogen-bond acceptors (Lipinski definition) is 15. The number of rotatable bonds is 13. The Morgan fingerprint density at radius 2 is 1.81 bits per heavy atom. The third-order valence-electron chi connectivity index (χ3n) is 7.53. The molecule has 0 aliphatic carbocycles. The Morgan fingerprint density at radius 1 is 1.17 bits per heavy atom. The predicted octanol–water partition coefficient (Wildman–Crippen LogP) is 3.55. The Bertz CT molecular complexity index is 2120. The van der Waals surface area contributed by atoms with E-state index in [4.69, 9.17) is 59.1 Å². The van der Waals surface area contributed by atoms with Crippen molar-refractivity contribution in [2.24, 2.45) is 0 Å². The standard InChI is InChI=1S/C29H34Cl3N8O10PS/c1-28(2,26(42)47-13-17-18(31)7-6-8-19(17)32)37-51(44,49-16-11-9-15(30)10-12-16)50-24-21(41)29(3,43)25(48-24)40-14-34-20-22(35-27(33)36-23(20)40)39(4)38-52(5,45)46/h6-12,14,21,24-25,38,41,43H,13H2,1-5H3,(H,37,44)(H2,33,35,36)/t21?,24?,25-,29-,51?/m1/s1. The van der Waals surface area contributed by atoms with E-state index in [1.54, 1.807) is 18.2 Å². The Morgan fingerprint density at radius 3 is 2.42 bits per heavy atom. The Balaban J connectivity index is 1.44. The third kappa shape index (κ3) is 8.72. The highest BCUT2D eigenvalue weighted by Crippen LogP contribution is 2.52. The number of nitrogens with one attached hydrogen (secondary N) is 2. The van der Waals surface area contributed by atoms with E-state index in [-0.39, 0.29) is 45.3 Å². The van der Waals surface area contributed by atoms with E-state index in [2.05, 4.69) is 24.9 Å². The molecular formula is C29H34Cl3N8O10PS. The molecule has 4 aromatic rings. The number of benzene rings is 2. The van der Waals surface area contributed by atoms with Crippen molar-refractivity contribution in [1.82, 2.24) is 29.4 Å². The molecule has 2 aromatic carbocycles. The molecule has 2 aromatic heterocycles. The van der Waals surface area contributed by atoms with E-state index in [9.17, 15) is 28.0 Å². The monoisotopic (exact) mass is 822 g/mol. The van der Waals surface area contributed by atoms with Crippen LogP contribution in [0.4, 0.5) is 11.8 Å². The van der Waals surface area contributed by atoms with E-state index < -0.39 is 53.5 Å². The zero-order valence-corrected chi connectivity index (χ0v) is 32.0. The van der Waals surface area contributed by atoms with Gasteiger partial charge in [0.15, 0.2) is 23.2 Å². The van der Waals surface area contributed by atoms with Gasteiger partial charge in [0.25, 0.3) is 0 Å². The zero-order chi connectivity index (χ0) is 38.4. The number of aliphatic hydroxyl groups excluding tert-OH is 1. The number of carbonyl (C=O) groups is 1. The summed E-state index contributed by atoms with van der Waals surface area (Å²) in [6.07, 6.45) is -3.22. The second-order valence-electron chi connectivity index (χ2n) is 12.3. The largest absolute Gasteiger partial charge is 0.462 e. The number of sulfonamides is 1. The van der Waals surface area contributed by atoms with E-state index in [0.29, 0.717) is 10.6 Å². The lowest BCUT2D eigenvalue weighted by Gasteiger charge is -2.31. The molecule has 0 bridgehead atoms. The van der Waals surface area contributed by atoms with Crippen molar-refractivity contribution >= 4 is 81.5 Å². The normalized spacial score (nSPS) is 21.9. The van der Waals surface area contributed by atoms with Gasteiger partial charge in [-0.3, -0.25) is 18.9 Å². The van der Waals surface area contributed by atoms with Crippen LogP contribution >= 0.6 is 42.5 Å². The number of imidazole rings is 1. The van der Waals surface area contributed by atoms with Crippen LogP contribution in [-0.4, -0.2) is 81.0 Å². The van der Waals surface area contributed by atoms with Gasteiger partial charge in [0.05, 0.1) is 12.6 Å². The van der Waals surface area contributed by atoms with Gasteiger partial charge in [-0.05, 0) is 57.2 Å². The fraction of sp³-hybridized carbons (Fsp3) is 0.379. The molecule has 1 aliphatic heterocycles. The summed E-state index contributed by atoms with van der Waals surface area (Å²) in [5, 5.41) is 27.3. The van der Waals surface area contributed by atoms with Crippen LogP contribution in [0.15, 0.2) is 48.8 Å². The summed E-state index contributed by atoms with van der Waals surface area (Å²) in [6, 6.07) is 10.4. The van der Waals surface area contributed by atoms with Gasteiger partial charge < -0.3 is 29.9 Å². The smallest absolute Gasteiger partial charge is 0.459 e. The van der Waals surface area contributed by atoms with Crippen LogP contribution in [0.2, 0.25) is 15.1 Å². The number of aromatic nitrogens is 4. The average Bonchev–Trinajstić information content (AvgIpc) is 3.53. The number of aliphatic hydroxyl groups is 2. The highest BCUT2D eigenvalue weighted by Gasteiger charge is 2.57. The molecule has 3 heterocycles. The van der Waals surface area contributed by atoms with Gasteiger partial charge in [-0.1, -0.05) is 40.9 Å². The fourth-order valence-corrected chi connectivity index (χ4v) is 8.00. The molecule has 23 heteroatoms. The Hall–Kier alpha value is -3.33. The Labute approximate surface area is 312 Å². The molecule has 6 N–H and O–H groups in total. The highest BCUT2D eigenvalue weighted by atomic mass is 35.5. The van der Waals surface area contributed by atoms with Gasteiger partial charge in [-0.2, -0.15) is 15.1 Å². The lowest BCUT2D eigenvalue weighted by molar-refractivity contribution is -0.152. The minimum atomic E-state index is -4.77. The number of hydrogen-bond donors (Lipinski definition) is 5. The molecule has 0 radical (unpaired) electrons. The lowest BCUT2D eigenvalue weighted by atomic mass is 9.99. The van der Waals surface area contributed by atoms with Gasteiger partial charge in [0.2, 0.25) is 22.3 Å². The fourth-order valence-electron chi connectivity index (χ4n) is 5.02. The van der Waals surface area contributed by atoms with E-state index in [0.717, 1.165) is 11.3 Å². The third-order valence-corrected chi connectivity index (χ3v) is 10.9. The number of halogens is 3. The molecule has 18 nitrogen and oxygen atoms in total. The minimum absolute atomic E-state index is 0.0184. The number of nitrogens with zero attached hydrogens (tertiary/aromatic N) is 5. The number of hydrazine groups is 1. The summed E-state index contributed by atoms with van der Waals surface area (Å²) in [5.41, 5.74) is 2.28. The van der Waals surface area contributed by atoms with E-state index in [1.807, 2.05) is 0 Å². The first-order valence-electron chi connectivity index (χ1n) is 15.0. The van der Waals surface area contributed by atoms with Crippen LogP contribution in [-0.2, 0) is 40.0 Å². The van der Waals surface area contributed by atoms with Crippen molar-refractivity contribution in [3.05, 3.63) is 69.4 Å². The number of carbonyl (C=O) groups excluding carboxylic acids is 1. The van der Waals surface area contributed by atoms with E-state index in [1.165, 1.54) is 63.0 Å². The quantitative estimate of drug-likeness (QED) is 0.0736. The summed E-state index contributed by atoms with van der Waals surface area (Å²) < 4.78 is 62.4. The molecule has 0 amide bonds. The minimum Gasteiger partial charge on any atom is -0.459 e. The molecule has 0 saturated carbocycles. The maximum atomic E-state index is 14.5. The Kier molecular flexibility index (Phi) is 11.4. The van der Waals surface area contributed by atoms with Gasteiger partial charge in [-0.25, -0.2) is 18.0 Å². The summed E-state index contributed by atoms with van der Waals surface area (Å²) in [4.78, 5) is 28.0. The van der Waals surface area contributed by atoms with Crippen LogP contribution in [0.25, 0.3) is 11.2 Å². The van der Waals surface area contributed by atoms with Crippen molar-refractivity contribution in [1.29, 1.82) is 0 Å². The van der Waals surface area contributed by atoms with Crippen molar-refractivity contribution in [2.75, 3.05) is 24.0 Å². The van der Waals surface area contributed by atoms with Crippen molar-refractivity contribution in [3.63, 3.8) is 0 Å². The number of nitrogen functional groups attached to an aromatic ring is 1. The first-order valence-corrected chi connectivity index (χ1v) is 19.6. The maximum absolute atomic E-state index is 14.5. The summed E-state index contributed by atoms with van der Waals surface area (Å²) in [7, 11) is -7.16. The van der Waals surface area contributed by atoms with Crippen LogP contribution < -0.4 is 25.2 Å². The molecule has 1 saturated heterocycles. The van der Waals surface area contributed by atoms with Crippen LogP contribution in [0.5, 0.6) is 5.75 Å². The number of ether oxygens (including phenoxy) is 2. The topological polar surface area (TPSA) is 243 Å². The molecular weight excluding hydrogens is 790 g/mol. The average molecular weight is 824 g/mol. The van der Waals surface area contributed by atoms with Crippen molar-refractivity contribution in [2.45, 2.75) is 57.1 Å². The van der Waals surface area contributed by atoms with Crippen LogP contribution in [0, 0.1) is 0 Å². The number of anilines is 2. The second-order valence-corrected chi connectivity index (χ2v) is 16.9. The van der Waals surface area contributed by atoms with E-state index >= 15 is 0 Å². The molecule has 3 unspecified atom stereocenters. The predicted molar refractivity (Wildman–Crippen MR) is 191 cm³/mol. The molecule has 52 heavy (non-hydrogen) atoms. The lowest BCUT2D eigenvalue weighted by Crippen LogP contribution is -2.48. The first-order chi connectivity index (χ1) is 24.1. The molecule has 0 spiro atoms. The van der Waals surface area contributed by atoms with Crippen molar-refractivity contribution in [3.8, 4) is 5.75 Å². The summed E-state index contributed by atoms with van der Waals surface area (Å²) in [6.45, 7) is 3.56. The number of nitrogens with two attached hydrogens (primary N) is 1. The molecule has 5 rings (SSSR count).